The lowest BCUT2D eigenvalue weighted by molar-refractivity contribution is 0.513. The predicted molar refractivity (Wildman–Crippen MR) is 104 cm³/mol. The number of hydrogen-bond acceptors (Lipinski definition) is 8. The van der Waals surface area contributed by atoms with Crippen LogP contribution in [-0.4, -0.2) is 67.0 Å². The summed E-state index contributed by atoms with van der Waals surface area (Å²) in [6.45, 7) is 3.12. The van der Waals surface area contributed by atoms with Crippen LogP contribution in [-0.2, 0) is 13.1 Å². The molecule has 0 saturated heterocycles. The van der Waals surface area contributed by atoms with Gasteiger partial charge in [-0.1, -0.05) is 0 Å². The molecular weight excluding hydrogens is 366 g/mol. The minimum atomic E-state index is 0.0705. The van der Waals surface area contributed by atoms with Gasteiger partial charge in [-0.3, -0.25) is 10.8 Å². The van der Waals surface area contributed by atoms with Crippen molar-refractivity contribution in [2.24, 2.45) is 0 Å². The van der Waals surface area contributed by atoms with Gasteiger partial charge in [-0.25, -0.2) is 14.8 Å². The predicted octanol–water partition coefficient (Wildman–Crippen LogP) is -0.803. The Morgan fingerprint density at radius 1 is 1.04 bits per heavy atom. The van der Waals surface area contributed by atoms with Crippen molar-refractivity contribution in [1.29, 1.82) is 21.3 Å². The molecule has 0 saturated carbocycles. The molecular formula is C15H25N11S. The Bertz CT molecular complexity index is 630. The van der Waals surface area contributed by atoms with Crippen LogP contribution in [0.25, 0.3) is 0 Å². The molecule has 0 bridgehead atoms. The summed E-state index contributed by atoms with van der Waals surface area (Å²) in [5.41, 5.74) is 0.916. The summed E-state index contributed by atoms with van der Waals surface area (Å²) in [5, 5.41) is 47.6. The van der Waals surface area contributed by atoms with E-state index in [2.05, 4.69) is 26.3 Å². The number of nitrogens with one attached hydrogen (secondary N) is 6. The monoisotopic (exact) mass is 391 g/mol. The van der Waals surface area contributed by atoms with Gasteiger partial charge in [0.2, 0.25) is 11.9 Å². The number of rotatable bonds is 10. The first-order valence-corrected chi connectivity index (χ1v) is 9.15. The van der Waals surface area contributed by atoms with Crippen LogP contribution >= 0.6 is 11.3 Å². The standard InChI is InChI=1S/C15H25N11S/c1-20-14(18)25(10-16)5-3-22-7-12-9-27-13(24-12)8-23-4-6-26(11-17)15(19)21-2/h9,22-23H,3-8H2,1-2H3,(H2,18,20)(H2,19,21). The molecule has 1 rings (SSSR count). The summed E-state index contributed by atoms with van der Waals surface area (Å²) in [6.07, 6.45) is 3.90. The van der Waals surface area contributed by atoms with E-state index in [-0.39, 0.29) is 11.9 Å². The van der Waals surface area contributed by atoms with E-state index in [4.69, 9.17) is 21.3 Å². The normalized spacial score (nSPS) is 9.78. The van der Waals surface area contributed by atoms with Gasteiger partial charge in [0.25, 0.3) is 0 Å². The largest absolute Gasteiger partial charge is 0.359 e. The first-order chi connectivity index (χ1) is 13.0. The summed E-state index contributed by atoms with van der Waals surface area (Å²) >= 11 is 1.55. The quantitative estimate of drug-likeness (QED) is 0.0985. The maximum absolute atomic E-state index is 8.96. The molecule has 0 atom stereocenters. The first-order valence-electron chi connectivity index (χ1n) is 8.27. The highest BCUT2D eigenvalue weighted by molar-refractivity contribution is 7.09. The third-order valence-corrected chi connectivity index (χ3v) is 4.36. The van der Waals surface area contributed by atoms with Crippen LogP contribution < -0.4 is 21.3 Å². The third-order valence-electron chi connectivity index (χ3n) is 3.46. The molecule has 146 valence electrons. The highest BCUT2D eigenvalue weighted by Gasteiger charge is 2.08. The van der Waals surface area contributed by atoms with E-state index in [0.717, 1.165) is 10.7 Å². The van der Waals surface area contributed by atoms with Crippen LogP contribution in [0.4, 0.5) is 0 Å². The Hall–Kier alpha value is -2.93. The van der Waals surface area contributed by atoms with E-state index in [9.17, 15) is 0 Å². The molecule has 0 aliphatic rings. The van der Waals surface area contributed by atoms with Gasteiger partial charge in [0.1, 0.15) is 5.01 Å². The first kappa shape index (κ1) is 22.1. The summed E-state index contributed by atoms with van der Waals surface area (Å²) in [6, 6.07) is 0. The van der Waals surface area contributed by atoms with Gasteiger partial charge in [-0.15, -0.1) is 11.3 Å². The number of aromatic nitrogens is 1. The van der Waals surface area contributed by atoms with Crippen LogP contribution in [0.3, 0.4) is 0 Å². The molecule has 0 spiro atoms. The van der Waals surface area contributed by atoms with Crippen molar-refractivity contribution in [1.82, 2.24) is 36.1 Å². The maximum atomic E-state index is 8.96. The van der Waals surface area contributed by atoms with Gasteiger partial charge in [0.05, 0.1) is 5.69 Å². The van der Waals surface area contributed by atoms with Crippen molar-refractivity contribution in [3.8, 4) is 12.4 Å². The lowest BCUT2D eigenvalue weighted by atomic mass is 10.4. The molecule has 0 fully saturated rings. The van der Waals surface area contributed by atoms with Gasteiger partial charge >= 0.3 is 0 Å². The maximum Gasteiger partial charge on any atom is 0.204 e. The molecule has 6 N–H and O–H groups in total. The average Bonchev–Trinajstić information content (AvgIpc) is 3.14. The fourth-order valence-electron chi connectivity index (χ4n) is 2.00. The average molecular weight is 392 g/mol. The lowest BCUT2D eigenvalue weighted by Crippen LogP contribution is -2.39. The molecule has 11 nitrogen and oxygen atoms in total. The van der Waals surface area contributed by atoms with Crippen molar-refractivity contribution >= 4 is 23.3 Å². The van der Waals surface area contributed by atoms with Crippen molar-refractivity contribution in [3.05, 3.63) is 16.1 Å². The van der Waals surface area contributed by atoms with Crippen LogP contribution in [0.2, 0.25) is 0 Å². The molecule has 12 heteroatoms. The fourth-order valence-corrected chi connectivity index (χ4v) is 2.76. The molecule has 1 heterocycles. The minimum absolute atomic E-state index is 0.0705. The topological polar surface area (TPSA) is 163 Å². The number of nitrogens with zero attached hydrogens (tertiary/aromatic N) is 5. The number of nitriles is 2. The van der Waals surface area contributed by atoms with E-state index < -0.39 is 0 Å². The number of guanidine groups is 2. The zero-order valence-corrected chi connectivity index (χ0v) is 16.3. The zero-order valence-electron chi connectivity index (χ0n) is 15.5. The van der Waals surface area contributed by atoms with Gasteiger partial charge < -0.3 is 21.3 Å². The Balaban J connectivity index is 2.26. The SMILES string of the molecule is CNC(=N)N(C#N)CCNCc1csc(CNCCN(C#N)C(=N)NC)n1. The number of hydrogen-bond donors (Lipinski definition) is 6. The van der Waals surface area contributed by atoms with E-state index >= 15 is 0 Å². The van der Waals surface area contributed by atoms with Crippen LogP contribution in [0.1, 0.15) is 10.7 Å². The highest BCUT2D eigenvalue weighted by atomic mass is 32.1. The van der Waals surface area contributed by atoms with Gasteiger partial charge in [0.15, 0.2) is 12.4 Å². The summed E-state index contributed by atoms with van der Waals surface area (Å²) in [5.74, 6) is 0.142. The molecule has 0 amide bonds. The second kappa shape index (κ2) is 12.4. The molecule has 1 aromatic heterocycles. The number of thiazole rings is 1. The van der Waals surface area contributed by atoms with Crippen molar-refractivity contribution in [2.45, 2.75) is 13.1 Å². The molecule has 0 aromatic carbocycles. The molecule has 27 heavy (non-hydrogen) atoms. The summed E-state index contributed by atoms with van der Waals surface area (Å²) in [7, 11) is 3.21. The Kier molecular flexibility index (Phi) is 10.2. The highest BCUT2D eigenvalue weighted by Crippen LogP contribution is 2.09. The van der Waals surface area contributed by atoms with E-state index in [1.54, 1.807) is 25.4 Å². The lowest BCUT2D eigenvalue weighted by Gasteiger charge is -2.15. The van der Waals surface area contributed by atoms with Crippen LogP contribution in [0, 0.1) is 33.7 Å². The van der Waals surface area contributed by atoms with Crippen LogP contribution in [0.15, 0.2) is 5.38 Å². The van der Waals surface area contributed by atoms with E-state index in [0.29, 0.717) is 39.3 Å². The van der Waals surface area contributed by atoms with Gasteiger partial charge in [-0.05, 0) is 0 Å². The summed E-state index contributed by atoms with van der Waals surface area (Å²) in [4.78, 5) is 7.05. The van der Waals surface area contributed by atoms with Gasteiger partial charge in [-0.2, -0.15) is 10.5 Å². The smallest absolute Gasteiger partial charge is 0.204 e. The molecule has 0 aliphatic carbocycles. The molecule has 1 aromatic rings. The third kappa shape index (κ3) is 7.87. The second-order valence-corrected chi connectivity index (χ2v) is 6.23. The summed E-state index contributed by atoms with van der Waals surface area (Å²) < 4.78 is 0. The van der Waals surface area contributed by atoms with E-state index in [1.165, 1.54) is 9.80 Å². The second-order valence-electron chi connectivity index (χ2n) is 5.29. The molecule has 0 radical (unpaired) electrons. The van der Waals surface area contributed by atoms with Crippen LogP contribution in [0.5, 0.6) is 0 Å². The Labute approximate surface area is 163 Å². The van der Waals surface area contributed by atoms with Crippen molar-refractivity contribution in [3.63, 3.8) is 0 Å². The van der Waals surface area contributed by atoms with E-state index in [1.807, 2.05) is 17.8 Å². The molecule has 0 unspecified atom stereocenters. The minimum Gasteiger partial charge on any atom is -0.359 e. The molecule has 0 aliphatic heterocycles. The van der Waals surface area contributed by atoms with Crippen molar-refractivity contribution < 1.29 is 0 Å². The Morgan fingerprint density at radius 2 is 1.56 bits per heavy atom. The fraction of sp³-hybridized carbons (Fsp3) is 0.533. The van der Waals surface area contributed by atoms with Gasteiger partial charge in [0, 0.05) is 58.7 Å². The zero-order chi connectivity index (χ0) is 20.1. The Morgan fingerprint density at radius 3 is 2.04 bits per heavy atom. The van der Waals surface area contributed by atoms with Crippen molar-refractivity contribution in [2.75, 3.05) is 40.3 Å².